The molecule has 1 aromatic carbocycles. The lowest BCUT2D eigenvalue weighted by molar-refractivity contribution is -0.384. The summed E-state index contributed by atoms with van der Waals surface area (Å²) in [6, 6.07) is 10.1. The first kappa shape index (κ1) is 17.9. The zero-order chi connectivity index (χ0) is 18.4. The number of non-ortho nitro benzene ring substituents is 1. The van der Waals surface area contributed by atoms with Crippen LogP contribution in [0, 0.1) is 10.1 Å². The number of guanidine groups is 1. The zero-order valence-corrected chi connectivity index (χ0v) is 14.4. The molecule has 0 atom stereocenters. The first-order chi connectivity index (χ1) is 12.6. The molecule has 26 heavy (non-hydrogen) atoms. The Hall–Kier alpha value is -2.87. The average Bonchev–Trinajstić information content (AvgIpc) is 3.17. The third-order valence-corrected chi connectivity index (χ3v) is 4.32. The van der Waals surface area contributed by atoms with Gasteiger partial charge in [0.15, 0.2) is 5.96 Å². The van der Waals surface area contributed by atoms with Crippen LogP contribution in [-0.2, 0) is 13.1 Å². The van der Waals surface area contributed by atoms with Crippen LogP contribution < -0.4 is 5.32 Å². The minimum absolute atomic E-state index is 0.0684. The Morgan fingerprint density at radius 3 is 2.65 bits per heavy atom. The number of aliphatic hydroxyl groups is 1. The van der Waals surface area contributed by atoms with Crippen molar-refractivity contribution in [2.45, 2.75) is 32.0 Å². The van der Waals surface area contributed by atoms with Crippen molar-refractivity contribution >= 4 is 11.6 Å². The van der Waals surface area contributed by atoms with Crippen molar-refractivity contribution in [2.75, 3.05) is 13.1 Å². The second-order valence-corrected chi connectivity index (χ2v) is 6.21. The number of hydrogen-bond donors (Lipinski definition) is 2. The second kappa shape index (κ2) is 8.48. The molecule has 3 rings (SSSR count). The highest BCUT2D eigenvalue weighted by molar-refractivity contribution is 5.80. The fourth-order valence-electron chi connectivity index (χ4n) is 2.81. The molecule has 1 aliphatic heterocycles. The number of nitro groups is 1. The standard InChI is InChI=1S/C18H22N4O4/c23-16-7-9-21(10-8-16)18(20-13-17-2-1-11-26-17)19-12-14-3-5-15(6-4-14)22(24)25/h1-6,11,16,23H,7-10,12-13H2,(H,19,20). The maximum atomic E-state index is 10.7. The summed E-state index contributed by atoms with van der Waals surface area (Å²) in [4.78, 5) is 17.1. The van der Waals surface area contributed by atoms with Crippen LogP contribution in [0.4, 0.5) is 5.69 Å². The van der Waals surface area contributed by atoms with Crippen LogP contribution >= 0.6 is 0 Å². The lowest BCUT2D eigenvalue weighted by Crippen LogP contribution is -2.46. The Kier molecular flexibility index (Phi) is 5.85. The third-order valence-electron chi connectivity index (χ3n) is 4.32. The lowest BCUT2D eigenvalue weighted by Gasteiger charge is -2.32. The number of hydrogen-bond acceptors (Lipinski definition) is 5. The van der Waals surface area contributed by atoms with Gasteiger partial charge in [-0.05, 0) is 30.5 Å². The van der Waals surface area contributed by atoms with E-state index in [4.69, 9.17) is 4.42 Å². The molecule has 138 valence electrons. The van der Waals surface area contributed by atoms with Crippen LogP contribution in [-0.4, -0.2) is 40.1 Å². The van der Waals surface area contributed by atoms with Gasteiger partial charge in [-0.2, -0.15) is 0 Å². The van der Waals surface area contributed by atoms with Crippen molar-refractivity contribution < 1.29 is 14.4 Å². The lowest BCUT2D eigenvalue weighted by atomic mass is 10.1. The molecule has 0 amide bonds. The van der Waals surface area contributed by atoms with Crippen LogP contribution in [0.25, 0.3) is 0 Å². The van der Waals surface area contributed by atoms with E-state index in [0.717, 1.165) is 30.4 Å². The van der Waals surface area contributed by atoms with E-state index >= 15 is 0 Å². The quantitative estimate of drug-likeness (QED) is 0.368. The topological polar surface area (TPSA) is 104 Å². The molecular weight excluding hydrogens is 336 g/mol. The number of nitro benzene ring substituents is 1. The molecule has 8 heteroatoms. The number of aliphatic imine (C=N–C) groups is 1. The molecule has 0 unspecified atom stereocenters. The molecule has 1 aromatic heterocycles. The Morgan fingerprint density at radius 2 is 2.04 bits per heavy atom. The van der Waals surface area contributed by atoms with Gasteiger partial charge in [0.1, 0.15) is 5.76 Å². The highest BCUT2D eigenvalue weighted by Crippen LogP contribution is 2.14. The zero-order valence-electron chi connectivity index (χ0n) is 14.4. The van der Waals surface area contributed by atoms with Crippen LogP contribution in [0.3, 0.4) is 0 Å². The van der Waals surface area contributed by atoms with Crippen LogP contribution in [0.2, 0.25) is 0 Å². The normalized spacial score (nSPS) is 15.9. The van der Waals surface area contributed by atoms with E-state index in [1.807, 2.05) is 12.1 Å². The van der Waals surface area contributed by atoms with E-state index in [9.17, 15) is 15.2 Å². The molecule has 8 nitrogen and oxygen atoms in total. The van der Waals surface area contributed by atoms with Gasteiger partial charge in [0.25, 0.3) is 5.69 Å². The predicted octanol–water partition coefficient (Wildman–Crippen LogP) is 2.29. The van der Waals surface area contributed by atoms with Gasteiger partial charge in [0.2, 0.25) is 0 Å². The summed E-state index contributed by atoms with van der Waals surface area (Å²) >= 11 is 0. The fourth-order valence-corrected chi connectivity index (χ4v) is 2.81. The number of nitrogens with zero attached hydrogens (tertiary/aromatic N) is 3. The van der Waals surface area contributed by atoms with Crippen molar-refractivity contribution in [3.8, 4) is 0 Å². The molecule has 1 fully saturated rings. The fraction of sp³-hybridized carbons (Fsp3) is 0.389. The monoisotopic (exact) mass is 358 g/mol. The number of piperidine rings is 1. The Bertz CT molecular complexity index is 735. The van der Waals surface area contributed by atoms with Crippen molar-refractivity contribution in [3.63, 3.8) is 0 Å². The number of nitrogens with one attached hydrogen (secondary N) is 1. The van der Waals surface area contributed by atoms with E-state index in [0.29, 0.717) is 25.9 Å². The number of aliphatic hydroxyl groups excluding tert-OH is 1. The van der Waals surface area contributed by atoms with Gasteiger partial charge in [-0.15, -0.1) is 0 Å². The van der Waals surface area contributed by atoms with Gasteiger partial charge in [0.05, 0.1) is 30.4 Å². The predicted molar refractivity (Wildman–Crippen MR) is 96.6 cm³/mol. The minimum atomic E-state index is -0.414. The Labute approximate surface area is 151 Å². The minimum Gasteiger partial charge on any atom is -0.467 e. The number of furan rings is 1. The van der Waals surface area contributed by atoms with Crippen LogP contribution in [0.5, 0.6) is 0 Å². The summed E-state index contributed by atoms with van der Waals surface area (Å²) in [5, 5.41) is 23.8. The molecule has 0 bridgehead atoms. The summed E-state index contributed by atoms with van der Waals surface area (Å²) in [6.45, 7) is 2.39. The molecule has 2 heterocycles. The highest BCUT2D eigenvalue weighted by atomic mass is 16.6. The van der Waals surface area contributed by atoms with E-state index in [-0.39, 0.29) is 11.8 Å². The maximum absolute atomic E-state index is 10.7. The summed E-state index contributed by atoms with van der Waals surface area (Å²) in [5.41, 5.74) is 0.962. The van der Waals surface area contributed by atoms with Gasteiger partial charge in [-0.1, -0.05) is 12.1 Å². The van der Waals surface area contributed by atoms with Gasteiger partial charge in [-0.25, -0.2) is 4.99 Å². The third kappa shape index (κ3) is 4.82. The summed E-state index contributed by atoms with van der Waals surface area (Å²) in [5.74, 6) is 1.55. The first-order valence-corrected chi connectivity index (χ1v) is 8.59. The molecule has 1 saturated heterocycles. The Balaban J connectivity index is 1.68. The van der Waals surface area contributed by atoms with E-state index in [1.165, 1.54) is 12.1 Å². The van der Waals surface area contributed by atoms with E-state index in [1.54, 1.807) is 18.4 Å². The molecular formula is C18H22N4O4. The van der Waals surface area contributed by atoms with Gasteiger partial charge in [-0.3, -0.25) is 10.1 Å². The largest absolute Gasteiger partial charge is 0.467 e. The molecule has 0 radical (unpaired) electrons. The second-order valence-electron chi connectivity index (χ2n) is 6.21. The molecule has 1 aliphatic rings. The molecule has 2 N–H and O–H groups in total. The van der Waals surface area contributed by atoms with E-state index < -0.39 is 4.92 Å². The first-order valence-electron chi connectivity index (χ1n) is 8.59. The molecule has 2 aromatic rings. The van der Waals surface area contributed by atoms with Crippen LogP contribution in [0.15, 0.2) is 52.1 Å². The van der Waals surface area contributed by atoms with Gasteiger partial charge >= 0.3 is 0 Å². The van der Waals surface area contributed by atoms with Gasteiger partial charge < -0.3 is 19.7 Å². The maximum Gasteiger partial charge on any atom is 0.269 e. The smallest absolute Gasteiger partial charge is 0.269 e. The Morgan fingerprint density at radius 1 is 1.31 bits per heavy atom. The van der Waals surface area contributed by atoms with Gasteiger partial charge in [0, 0.05) is 25.2 Å². The highest BCUT2D eigenvalue weighted by Gasteiger charge is 2.20. The van der Waals surface area contributed by atoms with Crippen LogP contribution in [0.1, 0.15) is 24.2 Å². The van der Waals surface area contributed by atoms with E-state index in [2.05, 4.69) is 15.2 Å². The summed E-state index contributed by atoms with van der Waals surface area (Å²) in [6.07, 6.45) is 2.78. The molecule has 0 aliphatic carbocycles. The number of benzene rings is 1. The average molecular weight is 358 g/mol. The van der Waals surface area contributed by atoms with Crippen molar-refractivity contribution in [1.82, 2.24) is 10.2 Å². The van der Waals surface area contributed by atoms with Crippen molar-refractivity contribution in [3.05, 3.63) is 64.1 Å². The van der Waals surface area contributed by atoms with Crippen molar-refractivity contribution in [2.24, 2.45) is 4.99 Å². The summed E-state index contributed by atoms with van der Waals surface area (Å²) in [7, 11) is 0. The van der Waals surface area contributed by atoms with Crippen molar-refractivity contribution in [1.29, 1.82) is 0 Å². The molecule has 0 saturated carbocycles. The summed E-state index contributed by atoms with van der Waals surface area (Å²) < 4.78 is 5.35. The molecule has 0 spiro atoms. The SMILES string of the molecule is O=[N+]([O-])c1ccc(CN=C(NCc2ccco2)N2CCC(O)CC2)cc1. The number of likely N-dealkylation sites (tertiary alicyclic amines) is 1. The number of rotatable bonds is 5.